The van der Waals surface area contributed by atoms with Crippen molar-refractivity contribution in [2.45, 2.75) is 39.3 Å². The van der Waals surface area contributed by atoms with Gasteiger partial charge in [0.05, 0.1) is 6.54 Å². The average molecular weight is 249 g/mol. The number of rotatable bonds is 6. The Hall–Kier alpha value is -1.29. The number of aryl methyl sites for hydroxylation is 1. The van der Waals surface area contributed by atoms with Crippen molar-refractivity contribution in [1.82, 2.24) is 14.8 Å². The minimum Gasteiger partial charge on any atom is -0.354 e. The molecule has 1 aromatic rings. The fourth-order valence-electron chi connectivity index (χ4n) is 2.38. The summed E-state index contributed by atoms with van der Waals surface area (Å²) in [6.07, 6.45) is 7.71. The lowest BCUT2D eigenvalue weighted by molar-refractivity contribution is -0.129. The molecule has 1 aliphatic heterocycles. The summed E-state index contributed by atoms with van der Waals surface area (Å²) in [7, 11) is 0. The van der Waals surface area contributed by atoms with Crippen molar-refractivity contribution in [2.24, 2.45) is 0 Å². The number of carbonyl (C=O) groups excluding carboxylic acids is 1. The number of amides is 1. The van der Waals surface area contributed by atoms with Crippen LogP contribution in [0.1, 0.15) is 31.7 Å². The first-order chi connectivity index (χ1) is 8.79. The topological polar surface area (TPSA) is 37.3 Å². The normalized spacial score (nSPS) is 15.3. The van der Waals surface area contributed by atoms with Crippen LogP contribution in [0, 0.1) is 0 Å². The van der Waals surface area contributed by atoms with Gasteiger partial charge in [-0.1, -0.05) is 6.92 Å². The van der Waals surface area contributed by atoms with Gasteiger partial charge in [0.1, 0.15) is 0 Å². The molecule has 0 unspecified atom stereocenters. The molecule has 2 heterocycles. The van der Waals surface area contributed by atoms with Crippen LogP contribution in [0.3, 0.4) is 0 Å². The molecular formula is C14H23N3O. The van der Waals surface area contributed by atoms with E-state index >= 15 is 0 Å². The molecule has 1 amide bonds. The number of hydrogen-bond acceptors (Lipinski definition) is 2. The van der Waals surface area contributed by atoms with E-state index in [1.807, 2.05) is 4.90 Å². The number of likely N-dealkylation sites (tertiary alicyclic amines) is 1. The van der Waals surface area contributed by atoms with Gasteiger partial charge >= 0.3 is 0 Å². The summed E-state index contributed by atoms with van der Waals surface area (Å²) in [5.74, 6) is 0.237. The second-order valence-electron chi connectivity index (χ2n) is 4.95. The Morgan fingerprint density at radius 2 is 2.17 bits per heavy atom. The van der Waals surface area contributed by atoms with E-state index in [1.165, 1.54) is 5.56 Å². The Labute approximate surface area is 109 Å². The van der Waals surface area contributed by atoms with Crippen LogP contribution in [0.15, 0.2) is 18.5 Å². The number of hydrogen-bond donors (Lipinski definition) is 1. The molecule has 0 spiro atoms. The molecule has 4 nitrogen and oxygen atoms in total. The quantitative estimate of drug-likeness (QED) is 0.831. The highest BCUT2D eigenvalue weighted by Crippen LogP contribution is 2.07. The van der Waals surface area contributed by atoms with Gasteiger partial charge < -0.3 is 14.8 Å². The van der Waals surface area contributed by atoms with Gasteiger partial charge in [-0.25, -0.2) is 0 Å². The zero-order valence-corrected chi connectivity index (χ0v) is 11.2. The Balaban J connectivity index is 1.69. The Bertz CT molecular complexity index is 380. The molecule has 4 heteroatoms. The third kappa shape index (κ3) is 3.60. The molecule has 1 aromatic heterocycles. The van der Waals surface area contributed by atoms with Crippen molar-refractivity contribution in [2.75, 3.05) is 19.6 Å². The van der Waals surface area contributed by atoms with Crippen LogP contribution in [-0.2, 0) is 17.9 Å². The van der Waals surface area contributed by atoms with Gasteiger partial charge in [0.15, 0.2) is 0 Å². The lowest BCUT2D eigenvalue weighted by Gasteiger charge is -2.15. The van der Waals surface area contributed by atoms with Crippen LogP contribution in [0.4, 0.5) is 0 Å². The summed E-state index contributed by atoms with van der Waals surface area (Å²) in [5, 5.41) is 3.23. The Kier molecular flexibility index (Phi) is 4.81. The summed E-state index contributed by atoms with van der Waals surface area (Å²) in [4.78, 5) is 13.8. The average Bonchev–Trinajstić information content (AvgIpc) is 3.00. The zero-order valence-electron chi connectivity index (χ0n) is 11.2. The second kappa shape index (κ2) is 6.59. The second-order valence-corrected chi connectivity index (χ2v) is 4.95. The van der Waals surface area contributed by atoms with Gasteiger partial charge in [-0.15, -0.1) is 0 Å². The molecule has 0 aromatic carbocycles. The minimum atomic E-state index is 0.237. The third-order valence-electron chi connectivity index (χ3n) is 3.36. The van der Waals surface area contributed by atoms with Crippen molar-refractivity contribution in [3.8, 4) is 0 Å². The maximum Gasteiger partial charge on any atom is 0.236 e. The maximum atomic E-state index is 11.8. The fourth-order valence-corrected chi connectivity index (χ4v) is 2.38. The van der Waals surface area contributed by atoms with Gasteiger partial charge in [-0.3, -0.25) is 4.79 Å². The standard InChI is InChI=1S/C14H23N3O/c1-2-6-16-9-5-13(12-16)10-15-11-14(18)17-7-3-4-8-17/h5,9,12,15H,2-4,6-8,10-11H2,1H3. The summed E-state index contributed by atoms with van der Waals surface area (Å²) >= 11 is 0. The van der Waals surface area contributed by atoms with Crippen LogP contribution >= 0.6 is 0 Å². The van der Waals surface area contributed by atoms with Crippen LogP contribution in [0.25, 0.3) is 0 Å². The molecule has 1 N–H and O–H groups in total. The lowest BCUT2D eigenvalue weighted by atomic mass is 10.3. The van der Waals surface area contributed by atoms with E-state index in [-0.39, 0.29) is 5.91 Å². The van der Waals surface area contributed by atoms with Gasteiger partial charge in [0, 0.05) is 38.6 Å². The van der Waals surface area contributed by atoms with E-state index in [9.17, 15) is 4.79 Å². The van der Waals surface area contributed by atoms with E-state index in [1.54, 1.807) is 0 Å². The summed E-state index contributed by atoms with van der Waals surface area (Å²) in [5.41, 5.74) is 1.25. The molecular weight excluding hydrogens is 226 g/mol. The Morgan fingerprint density at radius 3 is 2.89 bits per heavy atom. The molecule has 1 saturated heterocycles. The van der Waals surface area contributed by atoms with Crippen LogP contribution in [0.2, 0.25) is 0 Å². The highest BCUT2D eigenvalue weighted by molar-refractivity contribution is 5.78. The number of nitrogens with zero attached hydrogens (tertiary/aromatic N) is 2. The number of aromatic nitrogens is 1. The van der Waals surface area contributed by atoms with Gasteiger partial charge in [-0.2, -0.15) is 0 Å². The van der Waals surface area contributed by atoms with E-state index in [0.717, 1.165) is 45.4 Å². The largest absolute Gasteiger partial charge is 0.354 e. The van der Waals surface area contributed by atoms with E-state index in [0.29, 0.717) is 6.54 Å². The highest BCUT2D eigenvalue weighted by atomic mass is 16.2. The van der Waals surface area contributed by atoms with Crippen molar-refractivity contribution in [1.29, 1.82) is 0 Å². The van der Waals surface area contributed by atoms with Crippen molar-refractivity contribution in [3.63, 3.8) is 0 Å². The van der Waals surface area contributed by atoms with Crippen LogP contribution < -0.4 is 5.32 Å². The van der Waals surface area contributed by atoms with Gasteiger partial charge in [0.2, 0.25) is 5.91 Å². The molecule has 18 heavy (non-hydrogen) atoms. The zero-order chi connectivity index (χ0) is 12.8. The minimum absolute atomic E-state index is 0.237. The predicted octanol–water partition coefficient (Wildman–Crippen LogP) is 1.61. The van der Waals surface area contributed by atoms with Crippen LogP contribution in [-0.4, -0.2) is 35.0 Å². The molecule has 0 bridgehead atoms. The van der Waals surface area contributed by atoms with E-state index in [4.69, 9.17) is 0 Å². The predicted molar refractivity (Wildman–Crippen MR) is 72.2 cm³/mol. The SMILES string of the molecule is CCCn1ccc(CNCC(=O)N2CCCC2)c1. The number of carbonyl (C=O) groups is 1. The molecule has 1 fully saturated rings. The molecule has 1 aliphatic rings. The maximum absolute atomic E-state index is 11.8. The smallest absolute Gasteiger partial charge is 0.236 e. The van der Waals surface area contributed by atoms with E-state index in [2.05, 4.69) is 35.3 Å². The van der Waals surface area contributed by atoms with Crippen molar-refractivity contribution < 1.29 is 4.79 Å². The third-order valence-corrected chi connectivity index (χ3v) is 3.36. The lowest BCUT2D eigenvalue weighted by Crippen LogP contribution is -2.35. The number of nitrogens with one attached hydrogen (secondary N) is 1. The van der Waals surface area contributed by atoms with Gasteiger partial charge in [-0.05, 0) is 30.9 Å². The van der Waals surface area contributed by atoms with Crippen molar-refractivity contribution in [3.05, 3.63) is 24.0 Å². The van der Waals surface area contributed by atoms with Gasteiger partial charge in [0.25, 0.3) is 0 Å². The highest BCUT2D eigenvalue weighted by Gasteiger charge is 2.16. The molecule has 0 atom stereocenters. The fraction of sp³-hybridized carbons (Fsp3) is 0.643. The van der Waals surface area contributed by atoms with Crippen molar-refractivity contribution >= 4 is 5.91 Å². The summed E-state index contributed by atoms with van der Waals surface area (Å²) < 4.78 is 2.19. The summed E-state index contributed by atoms with van der Waals surface area (Å²) in [6.45, 7) is 6.34. The van der Waals surface area contributed by atoms with E-state index < -0.39 is 0 Å². The molecule has 0 aliphatic carbocycles. The molecule has 0 saturated carbocycles. The molecule has 100 valence electrons. The first-order valence-corrected chi connectivity index (χ1v) is 6.92. The van der Waals surface area contributed by atoms with Crippen LogP contribution in [0.5, 0.6) is 0 Å². The summed E-state index contributed by atoms with van der Waals surface area (Å²) in [6, 6.07) is 2.11. The first-order valence-electron chi connectivity index (χ1n) is 6.92. The molecule has 2 rings (SSSR count). The Morgan fingerprint density at radius 1 is 1.39 bits per heavy atom. The molecule has 0 radical (unpaired) electrons. The first kappa shape index (κ1) is 13.1. The monoisotopic (exact) mass is 249 g/mol.